The molecule has 0 aromatic heterocycles. The Bertz CT molecular complexity index is 151. The van der Waals surface area contributed by atoms with Crippen molar-refractivity contribution in [2.45, 2.75) is 51.6 Å². The van der Waals surface area contributed by atoms with E-state index in [1.807, 2.05) is 13.1 Å². The summed E-state index contributed by atoms with van der Waals surface area (Å²) in [5.74, 6) is 0. The van der Waals surface area contributed by atoms with Crippen molar-refractivity contribution >= 4 is 24.6 Å². The summed E-state index contributed by atoms with van der Waals surface area (Å²) in [5.41, 5.74) is 0. The molecular formula is C10H23NSSi. The summed E-state index contributed by atoms with van der Waals surface area (Å²) in [5, 5.41) is 0.757. The van der Waals surface area contributed by atoms with Gasteiger partial charge in [0.15, 0.2) is 0 Å². The van der Waals surface area contributed by atoms with Crippen LogP contribution in [0.3, 0.4) is 0 Å². The first kappa shape index (κ1) is 13.2. The molecule has 0 bridgehead atoms. The maximum Gasteiger partial charge on any atom is 0.108 e. The second-order valence-electron chi connectivity index (χ2n) is 4.26. The molecule has 0 N–H and O–H groups in total. The van der Waals surface area contributed by atoms with Gasteiger partial charge in [-0.1, -0.05) is 33.0 Å². The van der Waals surface area contributed by atoms with E-state index in [0.29, 0.717) is 0 Å². The predicted molar refractivity (Wildman–Crippen MR) is 68.7 cm³/mol. The SMILES string of the molecule is C/C=N/CC(CCC)S[Si](C)(C)C. The van der Waals surface area contributed by atoms with Crippen molar-refractivity contribution in [1.29, 1.82) is 0 Å². The third-order valence-electron chi connectivity index (χ3n) is 1.62. The summed E-state index contributed by atoms with van der Waals surface area (Å²) < 4.78 is 0. The number of nitrogens with zero attached hydrogens (tertiary/aromatic N) is 1. The van der Waals surface area contributed by atoms with Crippen LogP contribution in [-0.4, -0.2) is 25.2 Å². The summed E-state index contributed by atoms with van der Waals surface area (Å²) in [7, 11) is -0.965. The van der Waals surface area contributed by atoms with Crippen molar-refractivity contribution in [3.8, 4) is 0 Å². The maximum atomic E-state index is 4.35. The van der Waals surface area contributed by atoms with E-state index in [1.165, 1.54) is 12.8 Å². The van der Waals surface area contributed by atoms with Gasteiger partial charge in [0, 0.05) is 11.8 Å². The van der Waals surface area contributed by atoms with E-state index in [4.69, 9.17) is 0 Å². The molecular weight excluding hydrogens is 194 g/mol. The molecule has 0 saturated carbocycles. The minimum Gasteiger partial charge on any atom is -0.297 e. The van der Waals surface area contributed by atoms with Crippen LogP contribution in [0.5, 0.6) is 0 Å². The standard InChI is InChI=1S/C10H23NSSi/c1-6-8-10(9-11-7-2)12-13(3,4)5/h7,10H,6,8-9H2,1-5H3/b11-7+. The Hall–Kier alpha value is 0.237. The lowest BCUT2D eigenvalue weighted by atomic mass is 10.2. The molecule has 78 valence electrons. The third-order valence-corrected chi connectivity index (χ3v) is 6.17. The molecule has 0 amide bonds. The highest BCUT2D eigenvalue weighted by Gasteiger charge is 2.19. The van der Waals surface area contributed by atoms with Gasteiger partial charge in [0.25, 0.3) is 0 Å². The first-order valence-corrected chi connectivity index (χ1v) is 10.2. The van der Waals surface area contributed by atoms with Crippen LogP contribution in [-0.2, 0) is 0 Å². The zero-order valence-corrected chi connectivity index (χ0v) is 11.4. The van der Waals surface area contributed by atoms with Crippen LogP contribution < -0.4 is 0 Å². The minimum atomic E-state index is -0.965. The Kier molecular flexibility index (Phi) is 6.78. The quantitative estimate of drug-likeness (QED) is 0.487. The summed E-state index contributed by atoms with van der Waals surface area (Å²) in [6.45, 7) is 12.5. The molecule has 0 aliphatic rings. The highest BCUT2D eigenvalue weighted by Crippen LogP contribution is 2.27. The zero-order chi connectivity index (χ0) is 10.3. The van der Waals surface area contributed by atoms with Crippen LogP contribution in [0.15, 0.2) is 4.99 Å². The van der Waals surface area contributed by atoms with Crippen molar-refractivity contribution in [2.75, 3.05) is 6.54 Å². The number of aliphatic imine (C=N–C) groups is 1. The van der Waals surface area contributed by atoms with Crippen molar-refractivity contribution < 1.29 is 0 Å². The van der Waals surface area contributed by atoms with E-state index in [0.717, 1.165) is 11.8 Å². The highest BCUT2D eigenvalue weighted by molar-refractivity contribution is 8.29. The molecule has 0 aromatic carbocycles. The Morgan fingerprint density at radius 1 is 1.38 bits per heavy atom. The first-order chi connectivity index (χ1) is 5.99. The van der Waals surface area contributed by atoms with Gasteiger partial charge in [-0.25, -0.2) is 0 Å². The number of rotatable bonds is 6. The molecule has 0 spiro atoms. The lowest BCUT2D eigenvalue weighted by Gasteiger charge is -2.22. The Balaban J connectivity index is 3.93. The Morgan fingerprint density at radius 3 is 2.38 bits per heavy atom. The lowest BCUT2D eigenvalue weighted by Crippen LogP contribution is -2.22. The summed E-state index contributed by atoms with van der Waals surface area (Å²) in [4.78, 5) is 4.35. The van der Waals surface area contributed by atoms with Gasteiger partial charge in [-0.3, -0.25) is 4.99 Å². The van der Waals surface area contributed by atoms with Crippen molar-refractivity contribution in [3.63, 3.8) is 0 Å². The van der Waals surface area contributed by atoms with E-state index in [2.05, 4.69) is 42.8 Å². The molecule has 0 aliphatic carbocycles. The van der Waals surface area contributed by atoms with Gasteiger partial charge in [-0.15, -0.1) is 0 Å². The van der Waals surface area contributed by atoms with Crippen LogP contribution >= 0.6 is 11.2 Å². The fourth-order valence-electron chi connectivity index (χ4n) is 1.23. The maximum absolute atomic E-state index is 4.35. The molecule has 0 heterocycles. The normalized spacial score (nSPS) is 15.2. The predicted octanol–water partition coefficient (Wildman–Crippen LogP) is 3.81. The van der Waals surface area contributed by atoms with Crippen LogP contribution in [0.25, 0.3) is 0 Å². The van der Waals surface area contributed by atoms with Gasteiger partial charge in [0.2, 0.25) is 0 Å². The molecule has 1 atom stereocenters. The van der Waals surface area contributed by atoms with Crippen molar-refractivity contribution in [3.05, 3.63) is 0 Å². The van der Waals surface area contributed by atoms with Crippen molar-refractivity contribution in [2.24, 2.45) is 4.99 Å². The van der Waals surface area contributed by atoms with E-state index < -0.39 is 7.22 Å². The molecule has 1 unspecified atom stereocenters. The lowest BCUT2D eigenvalue weighted by molar-refractivity contribution is 0.748. The van der Waals surface area contributed by atoms with Crippen LogP contribution in [0, 0.1) is 0 Å². The molecule has 13 heavy (non-hydrogen) atoms. The Labute approximate surface area is 88.1 Å². The summed E-state index contributed by atoms with van der Waals surface area (Å²) in [6, 6.07) is 0. The Morgan fingerprint density at radius 2 is 2.00 bits per heavy atom. The average molecular weight is 217 g/mol. The number of hydrogen-bond acceptors (Lipinski definition) is 2. The number of hydrogen-bond donors (Lipinski definition) is 0. The van der Waals surface area contributed by atoms with Crippen LogP contribution in [0.1, 0.15) is 26.7 Å². The molecule has 0 aromatic rings. The molecule has 0 fully saturated rings. The highest BCUT2D eigenvalue weighted by atomic mass is 32.4. The van der Waals surface area contributed by atoms with E-state index in [1.54, 1.807) is 0 Å². The topological polar surface area (TPSA) is 12.4 Å². The monoisotopic (exact) mass is 217 g/mol. The van der Waals surface area contributed by atoms with Gasteiger partial charge in [0.1, 0.15) is 7.22 Å². The second kappa shape index (κ2) is 6.66. The molecule has 1 nitrogen and oxygen atoms in total. The van der Waals surface area contributed by atoms with Gasteiger partial charge >= 0.3 is 0 Å². The fourth-order valence-corrected chi connectivity index (χ4v) is 6.32. The van der Waals surface area contributed by atoms with Crippen LogP contribution in [0.4, 0.5) is 0 Å². The first-order valence-electron chi connectivity index (χ1n) is 5.12. The molecule has 0 aliphatic heterocycles. The summed E-state index contributed by atoms with van der Waals surface area (Å²) in [6.07, 6.45) is 4.51. The average Bonchev–Trinajstić information content (AvgIpc) is 1.98. The molecule has 3 heteroatoms. The van der Waals surface area contributed by atoms with Crippen molar-refractivity contribution in [1.82, 2.24) is 0 Å². The minimum absolute atomic E-state index is 0.757. The van der Waals surface area contributed by atoms with Gasteiger partial charge in [-0.2, -0.15) is 11.2 Å². The van der Waals surface area contributed by atoms with Gasteiger partial charge in [0.05, 0.1) is 0 Å². The van der Waals surface area contributed by atoms with Gasteiger partial charge < -0.3 is 0 Å². The van der Waals surface area contributed by atoms with E-state index >= 15 is 0 Å². The fraction of sp³-hybridized carbons (Fsp3) is 0.900. The second-order valence-corrected chi connectivity index (χ2v) is 13.8. The summed E-state index contributed by atoms with van der Waals surface area (Å²) >= 11 is 2.19. The molecule has 0 radical (unpaired) electrons. The van der Waals surface area contributed by atoms with E-state index in [-0.39, 0.29) is 0 Å². The third kappa shape index (κ3) is 8.56. The van der Waals surface area contributed by atoms with E-state index in [9.17, 15) is 0 Å². The van der Waals surface area contributed by atoms with Crippen LogP contribution in [0.2, 0.25) is 19.6 Å². The molecule has 0 rings (SSSR count). The smallest absolute Gasteiger partial charge is 0.108 e. The van der Waals surface area contributed by atoms with Gasteiger partial charge in [-0.05, 0) is 19.6 Å². The largest absolute Gasteiger partial charge is 0.297 e. The molecule has 0 saturated heterocycles. The zero-order valence-electron chi connectivity index (χ0n) is 9.63.